The first-order valence-electron chi connectivity index (χ1n) is 6.18. The maximum Gasteiger partial charge on any atom is 0.304 e. The van der Waals surface area contributed by atoms with E-state index in [1.807, 2.05) is 6.07 Å². The zero-order chi connectivity index (χ0) is 16.1. The SMILES string of the molecule is N#Cc1[nH]cc(CCOC=O)c1-c1ccc([N+](=O)[O-])c(F)c1. The number of carbonyl (C=O) groups is 1. The van der Waals surface area contributed by atoms with Gasteiger partial charge in [-0.1, -0.05) is 0 Å². The molecule has 7 nitrogen and oxygen atoms in total. The van der Waals surface area contributed by atoms with E-state index >= 15 is 0 Å². The van der Waals surface area contributed by atoms with Crippen molar-refractivity contribution in [1.29, 1.82) is 5.26 Å². The summed E-state index contributed by atoms with van der Waals surface area (Å²) in [6.07, 6.45) is 1.88. The van der Waals surface area contributed by atoms with Crippen LogP contribution in [0.1, 0.15) is 11.3 Å². The summed E-state index contributed by atoms with van der Waals surface area (Å²) in [5.41, 5.74) is 0.984. The molecule has 0 bridgehead atoms. The van der Waals surface area contributed by atoms with Crippen LogP contribution >= 0.6 is 0 Å². The number of nitriles is 1. The molecule has 0 radical (unpaired) electrons. The Bertz CT molecular complexity index is 764. The first-order valence-corrected chi connectivity index (χ1v) is 6.18. The monoisotopic (exact) mass is 303 g/mol. The van der Waals surface area contributed by atoms with Crippen LogP contribution in [0.3, 0.4) is 0 Å². The van der Waals surface area contributed by atoms with Crippen LogP contribution in [-0.2, 0) is 16.0 Å². The minimum Gasteiger partial charge on any atom is -0.468 e. The van der Waals surface area contributed by atoms with Crippen LogP contribution in [0.2, 0.25) is 0 Å². The van der Waals surface area contributed by atoms with Gasteiger partial charge in [0.25, 0.3) is 6.47 Å². The van der Waals surface area contributed by atoms with Crippen LogP contribution in [0.5, 0.6) is 0 Å². The average Bonchev–Trinajstić information content (AvgIpc) is 2.90. The Balaban J connectivity index is 2.44. The van der Waals surface area contributed by atoms with Crippen LogP contribution in [0.25, 0.3) is 11.1 Å². The van der Waals surface area contributed by atoms with Crippen molar-refractivity contribution in [2.45, 2.75) is 6.42 Å². The first kappa shape index (κ1) is 15.2. The number of hydrogen-bond donors (Lipinski definition) is 1. The highest BCUT2D eigenvalue weighted by molar-refractivity contribution is 5.73. The summed E-state index contributed by atoms with van der Waals surface area (Å²) in [7, 11) is 0. The highest BCUT2D eigenvalue weighted by Crippen LogP contribution is 2.31. The van der Waals surface area contributed by atoms with Crippen LogP contribution in [0, 0.1) is 27.3 Å². The molecule has 0 unspecified atom stereocenters. The molecule has 2 aromatic rings. The fourth-order valence-electron chi connectivity index (χ4n) is 2.11. The molecule has 22 heavy (non-hydrogen) atoms. The van der Waals surface area contributed by atoms with Crippen molar-refractivity contribution < 1.29 is 18.8 Å². The summed E-state index contributed by atoms with van der Waals surface area (Å²) in [6, 6.07) is 5.36. The zero-order valence-corrected chi connectivity index (χ0v) is 11.2. The van der Waals surface area contributed by atoms with Crippen LogP contribution in [0.15, 0.2) is 24.4 Å². The number of nitro groups is 1. The quantitative estimate of drug-likeness (QED) is 0.381. The molecule has 0 spiro atoms. The highest BCUT2D eigenvalue weighted by Gasteiger charge is 2.18. The number of nitro benzene ring substituents is 1. The molecule has 8 heteroatoms. The van der Waals surface area contributed by atoms with Crippen LogP contribution in [0.4, 0.5) is 10.1 Å². The lowest BCUT2D eigenvalue weighted by Crippen LogP contribution is -1.98. The number of nitrogens with one attached hydrogen (secondary N) is 1. The van der Waals surface area contributed by atoms with Crippen LogP contribution < -0.4 is 0 Å². The predicted octanol–water partition coefficient (Wildman–Crippen LogP) is 2.32. The number of nitrogens with zero attached hydrogens (tertiary/aromatic N) is 2. The van der Waals surface area contributed by atoms with Gasteiger partial charge in [-0.25, -0.2) is 0 Å². The summed E-state index contributed by atoms with van der Waals surface area (Å²) >= 11 is 0. The lowest BCUT2D eigenvalue weighted by molar-refractivity contribution is -0.387. The molecule has 1 N–H and O–H groups in total. The van der Waals surface area contributed by atoms with Crippen molar-refractivity contribution in [2.24, 2.45) is 0 Å². The fourth-order valence-corrected chi connectivity index (χ4v) is 2.11. The van der Waals surface area contributed by atoms with Gasteiger partial charge in [-0.3, -0.25) is 14.9 Å². The molecule has 0 aliphatic heterocycles. The van der Waals surface area contributed by atoms with Gasteiger partial charge in [0.15, 0.2) is 0 Å². The van der Waals surface area contributed by atoms with E-state index in [4.69, 9.17) is 5.26 Å². The van der Waals surface area contributed by atoms with Gasteiger partial charge in [-0.2, -0.15) is 9.65 Å². The summed E-state index contributed by atoms with van der Waals surface area (Å²) in [5.74, 6) is -0.984. The van der Waals surface area contributed by atoms with E-state index in [0.29, 0.717) is 29.6 Å². The minimum atomic E-state index is -0.984. The molecular weight excluding hydrogens is 293 g/mol. The Morgan fingerprint density at radius 3 is 2.86 bits per heavy atom. The summed E-state index contributed by atoms with van der Waals surface area (Å²) in [5, 5.41) is 19.7. The van der Waals surface area contributed by atoms with Gasteiger partial charge in [0, 0.05) is 24.2 Å². The Morgan fingerprint density at radius 2 is 2.27 bits per heavy atom. The Hall–Kier alpha value is -3.21. The normalized spacial score (nSPS) is 10.0. The Morgan fingerprint density at radius 1 is 1.50 bits per heavy atom. The van der Waals surface area contributed by atoms with Crippen molar-refractivity contribution in [2.75, 3.05) is 6.61 Å². The number of benzene rings is 1. The van der Waals surface area contributed by atoms with Gasteiger partial charge in [-0.05, 0) is 23.3 Å². The number of H-pyrrole nitrogens is 1. The predicted molar refractivity (Wildman–Crippen MR) is 73.3 cm³/mol. The smallest absolute Gasteiger partial charge is 0.304 e. The molecule has 0 aliphatic rings. The van der Waals surface area contributed by atoms with Crippen molar-refractivity contribution in [3.05, 3.63) is 51.6 Å². The third kappa shape index (κ3) is 2.93. The van der Waals surface area contributed by atoms with Crippen molar-refractivity contribution in [3.8, 4) is 17.2 Å². The molecule has 0 saturated heterocycles. The van der Waals surface area contributed by atoms with Crippen molar-refractivity contribution >= 4 is 12.2 Å². The van der Waals surface area contributed by atoms with E-state index in [9.17, 15) is 19.3 Å². The molecule has 112 valence electrons. The van der Waals surface area contributed by atoms with Gasteiger partial charge in [0.2, 0.25) is 5.82 Å². The third-order valence-electron chi connectivity index (χ3n) is 3.06. The second-order valence-corrected chi connectivity index (χ2v) is 4.32. The minimum absolute atomic E-state index is 0.106. The molecule has 0 aliphatic carbocycles. The molecule has 0 atom stereocenters. The summed E-state index contributed by atoms with van der Waals surface area (Å²) < 4.78 is 18.4. The van der Waals surface area contributed by atoms with E-state index in [1.54, 1.807) is 6.20 Å². The molecule has 2 rings (SSSR count). The van der Waals surface area contributed by atoms with Gasteiger partial charge < -0.3 is 9.72 Å². The first-order chi connectivity index (χ1) is 10.6. The Labute approximate surface area is 124 Å². The Kier molecular flexibility index (Phi) is 4.48. The highest BCUT2D eigenvalue weighted by atomic mass is 19.1. The molecule has 1 aromatic carbocycles. The van der Waals surface area contributed by atoms with E-state index in [2.05, 4.69) is 9.72 Å². The van der Waals surface area contributed by atoms with Gasteiger partial charge >= 0.3 is 5.69 Å². The lowest BCUT2D eigenvalue weighted by atomic mass is 9.99. The van der Waals surface area contributed by atoms with E-state index in [-0.39, 0.29) is 12.3 Å². The second-order valence-electron chi connectivity index (χ2n) is 4.32. The zero-order valence-electron chi connectivity index (χ0n) is 11.2. The number of hydrogen-bond acceptors (Lipinski definition) is 5. The van der Waals surface area contributed by atoms with Crippen LogP contribution in [-0.4, -0.2) is 23.0 Å². The molecule has 0 saturated carbocycles. The lowest BCUT2D eigenvalue weighted by Gasteiger charge is -2.05. The van der Waals surface area contributed by atoms with Gasteiger partial charge in [-0.15, -0.1) is 0 Å². The fraction of sp³-hybridized carbons (Fsp3) is 0.143. The number of aromatic nitrogens is 1. The topological polar surface area (TPSA) is 109 Å². The summed E-state index contributed by atoms with van der Waals surface area (Å²) in [6.45, 7) is 0.414. The van der Waals surface area contributed by atoms with E-state index < -0.39 is 16.4 Å². The molecular formula is C14H10FN3O4. The maximum absolute atomic E-state index is 13.8. The average molecular weight is 303 g/mol. The largest absolute Gasteiger partial charge is 0.468 e. The van der Waals surface area contributed by atoms with Crippen molar-refractivity contribution in [1.82, 2.24) is 4.98 Å². The molecule has 1 heterocycles. The number of carbonyl (C=O) groups excluding carboxylic acids is 1. The number of rotatable bonds is 6. The van der Waals surface area contributed by atoms with Crippen molar-refractivity contribution in [3.63, 3.8) is 0 Å². The van der Waals surface area contributed by atoms with E-state index in [0.717, 1.165) is 12.1 Å². The summed E-state index contributed by atoms with van der Waals surface area (Å²) in [4.78, 5) is 22.7. The third-order valence-corrected chi connectivity index (χ3v) is 3.06. The van der Waals surface area contributed by atoms with Gasteiger partial charge in [0.05, 0.1) is 11.5 Å². The second kappa shape index (κ2) is 6.49. The number of ether oxygens (including phenoxy) is 1. The molecule has 1 aromatic heterocycles. The van der Waals surface area contributed by atoms with Gasteiger partial charge in [0.1, 0.15) is 11.8 Å². The number of aromatic amines is 1. The molecule has 0 amide bonds. The number of halogens is 1. The standard InChI is InChI=1S/C14H10FN3O4/c15-11-5-9(1-2-13(11)18(20)21)14-10(3-4-22-8-19)7-17-12(14)6-16/h1-2,5,7-8,17H,3-4H2. The molecule has 0 fully saturated rings. The maximum atomic E-state index is 13.8. The van der Waals surface area contributed by atoms with E-state index in [1.165, 1.54) is 6.07 Å².